The van der Waals surface area contributed by atoms with E-state index in [1.807, 2.05) is 37.3 Å². The molecule has 2 amide bonds. The monoisotopic (exact) mass is 563 g/mol. The molecule has 1 atom stereocenters. The first-order valence-corrected chi connectivity index (χ1v) is 14.6. The second kappa shape index (κ2) is 12.6. The topological polar surface area (TPSA) is 86.8 Å². The van der Waals surface area contributed by atoms with Gasteiger partial charge in [-0.2, -0.15) is 0 Å². The zero-order chi connectivity index (χ0) is 27.2. The summed E-state index contributed by atoms with van der Waals surface area (Å²) in [5.41, 5.74) is 0.985. The summed E-state index contributed by atoms with van der Waals surface area (Å²) in [6.45, 7) is 3.74. The number of rotatable bonds is 11. The lowest BCUT2D eigenvalue weighted by molar-refractivity contribution is -0.140. The first-order valence-electron chi connectivity index (χ1n) is 12.0. The van der Waals surface area contributed by atoms with Gasteiger partial charge >= 0.3 is 0 Å². The predicted octanol–water partition coefficient (Wildman–Crippen LogP) is 5.25. The summed E-state index contributed by atoms with van der Waals surface area (Å²) in [7, 11) is -3.85. The van der Waals surface area contributed by atoms with Gasteiger partial charge < -0.3 is 10.2 Å². The maximum Gasteiger partial charge on any atom is 0.244 e. The number of benzene rings is 3. The number of anilines is 1. The molecule has 37 heavy (non-hydrogen) atoms. The molecule has 10 heteroatoms. The third kappa shape index (κ3) is 7.15. The zero-order valence-electron chi connectivity index (χ0n) is 21.1. The third-order valence-corrected chi connectivity index (χ3v) is 7.72. The molecule has 0 aliphatic heterocycles. The van der Waals surface area contributed by atoms with Crippen molar-refractivity contribution >= 4 is 61.5 Å². The summed E-state index contributed by atoms with van der Waals surface area (Å²) >= 11 is 12.4. The van der Waals surface area contributed by atoms with Crippen LogP contribution in [0.2, 0.25) is 10.0 Å². The average molecular weight is 565 g/mol. The van der Waals surface area contributed by atoms with Gasteiger partial charge in [0.2, 0.25) is 21.8 Å². The van der Waals surface area contributed by atoms with Crippen LogP contribution >= 0.6 is 23.2 Å². The van der Waals surface area contributed by atoms with Crippen LogP contribution in [0.5, 0.6) is 0 Å². The molecule has 0 aliphatic rings. The van der Waals surface area contributed by atoms with E-state index in [1.54, 1.807) is 37.3 Å². The standard InChI is InChI=1S/C27H31Cl2N3O4S/c1-4-15-30-27(34)24(5-2)31(17-20-13-14-21(28)16-23(20)29)26(33)18-32(37(3,35)36)25-12-8-10-19-9-6-7-11-22(19)25/h6-14,16,24H,4-5,15,17-18H2,1-3H3,(H,30,34)/t24-/m1/s1. The van der Waals surface area contributed by atoms with Crippen LogP contribution in [0.4, 0.5) is 5.69 Å². The van der Waals surface area contributed by atoms with Crippen LogP contribution in [0.3, 0.4) is 0 Å². The van der Waals surface area contributed by atoms with Gasteiger partial charge in [-0.1, -0.05) is 79.5 Å². The van der Waals surface area contributed by atoms with Gasteiger partial charge in [-0.15, -0.1) is 0 Å². The first-order chi connectivity index (χ1) is 17.6. The first kappa shape index (κ1) is 28.8. The highest BCUT2D eigenvalue weighted by molar-refractivity contribution is 7.92. The number of fused-ring (bicyclic) bond motifs is 1. The molecule has 3 aromatic rings. The van der Waals surface area contributed by atoms with Crippen LogP contribution in [0, 0.1) is 0 Å². The minimum atomic E-state index is -3.85. The summed E-state index contributed by atoms with van der Waals surface area (Å²) < 4.78 is 27.0. The molecular weight excluding hydrogens is 533 g/mol. The van der Waals surface area contributed by atoms with Crippen LogP contribution in [0.15, 0.2) is 60.7 Å². The van der Waals surface area contributed by atoms with E-state index in [0.717, 1.165) is 22.4 Å². The quantitative estimate of drug-likeness (QED) is 0.345. The van der Waals surface area contributed by atoms with Crippen molar-refractivity contribution in [3.8, 4) is 0 Å². The van der Waals surface area contributed by atoms with Gasteiger partial charge in [0.25, 0.3) is 0 Å². The fraction of sp³-hybridized carbons (Fsp3) is 0.333. The highest BCUT2D eigenvalue weighted by Gasteiger charge is 2.32. The predicted molar refractivity (Wildman–Crippen MR) is 151 cm³/mol. The lowest BCUT2D eigenvalue weighted by atomic mass is 10.1. The molecule has 7 nitrogen and oxygen atoms in total. The molecule has 0 heterocycles. The number of carbonyl (C=O) groups is 2. The fourth-order valence-corrected chi connectivity index (χ4v) is 5.47. The Hall–Kier alpha value is -2.81. The van der Waals surface area contributed by atoms with Crippen molar-refractivity contribution in [2.45, 2.75) is 39.3 Å². The molecule has 0 aliphatic carbocycles. The van der Waals surface area contributed by atoms with Crippen molar-refractivity contribution in [2.24, 2.45) is 0 Å². The van der Waals surface area contributed by atoms with Crippen LogP contribution in [-0.4, -0.2) is 50.5 Å². The second-order valence-corrected chi connectivity index (χ2v) is 11.5. The number of nitrogens with one attached hydrogen (secondary N) is 1. The van der Waals surface area contributed by atoms with E-state index in [4.69, 9.17) is 23.2 Å². The Kier molecular flexibility index (Phi) is 9.81. The van der Waals surface area contributed by atoms with Crippen LogP contribution in [0.1, 0.15) is 32.3 Å². The Morgan fingerprint density at radius 2 is 1.70 bits per heavy atom. The van der Waals surface area contributed by atoms with E-state index in [1.165, 1.54) is 4.90 Å². The number of carbonyl (C=O) groups excluding carboxylic acids is 2. The van der Waals surface area contributed by atoms with Gasteiger partial charge in [0, 0.05) is 28.5 Å². The molecule has 0 bridgehead atoms. The minimum absolute atomic E-state index is 0.0139. The maximum atomic E-state index is 13.8. The van der Waals surface area contributed by atoms with Gasteiger partial charge in [-0.05, 0) is 42.0 Å². The van der Waals surface area contributed by atoms with Crippen LogP contribution < -0.4 is 9.62 Å². The number of hydrogen-bond donors (Lipinski definition) is 1. The van der Waals surface area contributed by atoms with Crippen molar-refractivity contribution in [3.05, 3.63) is 76.3 Å². The van der Waals surface area contributed by atoms with Crippen molar-refractivity contribution in [1.82, 2.24) is 10.2 Å². The SMILES string of the molecule is CCCNC(=O)[C@@H](CC)N(Cc1ccc(Cl)cc1Cl)C(=O)CN(c1cccc2ccccc12)S(C)(=O)=O. The summed E-state index contributed by atoms with van der Waals surface area (Å²) in [5.74, 6) is -0.832. The third-order valence-electron chi connectivity index (χ3n) is 6.01. The highest BCUT2D eigenvalue weighted by atomic mass is 35.5. The molecule has 0 fully saturated rings. The van der Waals surface area contributed by atoms with E-state index < -0.39 is 28.5 Å². The number of nitrogens with zero attached hydrogens (tertiary/aromatic N) is 2. The van der Waals surface area contributed by atoms with Gasteiger partial charge in [-0.25, -0.2) is 8.42 Å². The van der Waals surface area contributed by atoms with Gasteiger partial charge in [0.1, 0.15) is 12.6 Å². The number of sulfonamides is 1. The van der Waals surface area contributed by atoms with Gasteiger partial charge in [0.05, 0.1) is 11.9 Å². The smallest absolute Gasteiger partial charge is 0.244 e. The normalized spacial score (nSPS) is 12.2. The van der Waals surface area contributed by atoms with Crippen LogP contribution in [0.25, 0.3) is 10.8 Å². The molecule has 0 radical (unpaired) electrons. The Labute approximate surface area is 228 Å². The largest absolute Gasteiger partial charge is 0.354 e. The molecule has 1 N–H and O–H groups in total. The van der Waals surface area contributed by atoms with Gasteiger partial charge in [0.15, 0.2) is 0 Å². The Balaban J connectivity index is 2.04. The van der Waals surface area contributed by atoms with Crippen LogP contribution in [-0.2, 0) is 26.2 Å². The second-order valence-electron chi connectivity index (χ2n) is 8.74. The molecule has 198 valence electrons. The minimum Gasteiger partial charge on any atom is -0.354 e. The molecule has 0 aromatic heterocycles. The summed E-state index contributed by atoms with van der Waals surface area (Å²) in [4.78, 5) is 28.3. The van der Waals surface area contributed by atoms with Crippen molar-refractivity contribution < 1.29 is 18.0 Å². The zero-order valence-corrected chi connectivity index (χ0v) is 23.4. The average Bonchev–Trinajstić information content (AvgIpc) is 2.86. The number of amides is 2. The van der Waals surface area contributed by atoms with Crippen molar-refractivity contribution in [2.75, 3.05) is 23.7 Å². The number of hydrogen-bond acceptors (Lipinski definition) is 4. The highest BCUT2D eigenvalue weighted by Crippen LogP contribution is 2.29. The fourth-order valence-electron chi connectivity index (χ4n) is 4.14. The molecule has 3 aromatic carbocycles. The van der Waals surface area contributed by atoms with E-state index in [9.17, 15) is 18.0 Å². The van der Waals surface area contributed by atoms with E-state index >= 15 is 0 Å². The molecular formula is C27H31Cl2N3O4S. The lowest BCUT2D eigenvalue weighted by Gasteiger charge is -2.33. The summed E-state index contributed by atoms with van der Waals surface area (Å²) in [6, 6.07) is 16.8. The Morgan fingerprint density at radius 3 is 2.35 bits per heavy atom. The van der Waals surface area contributed by atoms with E-state index in [2.05, 4.69) is 5.32 Å². The van der Waals surface area contributed by atoms with Gasteiger partial charge in [-0.3, -0.25) is 13.9 Å². The van der Waals surface area contributed by atoms with E-state index in [-0.39, 0.29) is 12.5 Å². The molecule has 3 rings (SSSR count). The molecule has 0 unspecified atom stereocenters. The van der Waals surface area contributed by atoms with Crippen molar-refractivity contribution in [3.63, 3.8) is 0 Å². The summed E-state index contributed by atoms with van der Waals surface area (Å²) in [6.07, 6.45) is 2.13. The Morgan fingerprint density at radius 1 is 1.00 bits per heavy atom. The van der Waals surface area contributed by atoms with E-state index in [0.29, 0.717) is 39.6 Å². The van der Waals surface area contributed by atoms with Crippen molar-refractivity contribution in [1.29, 1.82) is 0 Å². The molecule has 0 saturated heterocycles. The lowest BCUT2D eigenvalue weighted by Crippen LogP contribution is -2.52. The molecule has 0 spiro atoms. The maximum absolute atomic E-state index is 13.8. The Bertz CT molecular complexity index is 1380. The molecule has 0 saturated carbocycles. The summed E-state index contributed by atoms with van der Waals surface area (Å²) in [5, 5.41) is 5.18. The number of halogens is 2.